The number of aryl methyl sites for hydroxylation is 3. The van der Waals surface area contributed by atoms with E-state index in [-0.39, 0.29) is 11.9 Å². The van der Waals surface area contributed by atoms with E-state index in [1.807, 2.05) is 19.1 Å². The van der Waals surface area contributed by atoms with Crippen molar-refractivity contribution in [2.24, 2.45) is 0 Å². The highest BCUT2D eigenvalue weighted by molar-refractivity contribution is 5.28. The van der Waals surface area contributed by atoms with Crippen LogP contribution in [-0.4, -0.2) is 6.54 Å². The monoisotopic (exact) mass is 285 g/mol. The lowest BCUT2D eigenvalue weighted by molar-refractivity contribution is 0.485. The van der Waals surface area contributed by atoms with Crippen molar-refractivity contribution in [2.45, 2.75) is 39.7 Å². The fraction of sp³-hybridized carbons (Fsp3) is 0.368. The van der Waals surface area contributed by atoms with E-state index in [2.05, 4.69) is 43.4 Å². The highest BCUT2D eigenvalue weighted by Crippen LogP contribution is 2.23. The summed E-state index contributed by atoms with van der Waals surface area (Å²) in [4.78, 5) is 0. The lowest BCUT2D eigenvalue weighted by atomic mass is 9.96. The number of hydrogen-bond donors (Lipinski definition) is 1. The molecule has 2 aromatic rings. The van der Waals surface area contributed by atoms with Gasteiger partial charge in [-0.1, -0.05) is 54.4 Å². The second-order valence-corrected chi connectivity index (χ2v) is 5.66. The first kappa shape index (κ1) is 15.7. The highest BCUT2D eigenvalue weighted by Gasteiger charge is 2.15. The molecule has 0 radical (unpaired) electrons. The smallest absolute Gasteiger partial charge is 0.127 e. The van der Waals surface area contributed by atoms with Crippen LogP contribution in [0, 0.1) is 19.7 Å². The van der Waals surface area contributed by atoms with Crippen LogP contribution in [0.5, 0.6) is 0 Å². The summed E-state index contributed by atoms with van der Waals surface area (Å²) in [7, 11) is 0. The Morgan fingerprint density at radius 1 is 1.05 bits per heavy atom. The number of nitrogens with one attached hydrogen (secondary N) is 1. The Morgan fingerprint density at radius 2 is 1.81 bits per heavy atom. The van der Waals surface area contributed by atoms with Gasteiger partial charge < -0.3 is 5.32 Å². The summed E-state index contributed by atoms with van der Waals surface area (Å²) in [5.41, 5.74) is 4.47. The highest BCUT2D eigenvalue weighted by atomic mass is 19.1. The molecular formula is C19H24FN. The van der Waals surface area contributed by atoms with Crippen LogP contribution in [0.4, 0.5) is 4.39 Å². The van der Waals surface area contributed by atoms with Crippen LogP contribution in [0.3, 0.4) is 0 Å². The predicted octanol–water partition coefficient (Wildman–Crippen LogP) is 4.73. The van der Waals surface area contributed by atoms with Crippen LogP contribution in [0.2, 0.25) is 0 Å². The van der Waals surface area contributed by atoms with Gasteiger partial charge in [0.05, 0.1) is 0 Å². The van der Waals surface area contributed by atoms with Gasteiger partial charge in [-0.15, -0.1) is 0 Å². The lowest BCUT2D eigenvalue weighted by Gasteiger charge is -2.19. The SMILES string of the molecule is CCNC(CCc1cccc(C)c1)c1cc(C)ccc1F. The van der Waals surface area contributed by atoms with Gasteiger partial charge in [-0.05, 0) is 44.9 Å². The lowest BCUT2D eigenvalue weighted by Crippen LogP contribution is -2.22. The van der Waals surface area contributed by atoms with E-state index >= 15 is 0 Å². The van der Waals surface area contributed by atoms with Crippen LogP contribution in [0.25, 0.3) is 0 Å². The maximum absolute atomic E-state index is 14.1. The first-order chi connectivity index (χ1) is 10.1. The summed E-state index contributed by atoms with van der Waals surface area (Å²) < 4.78 is 14.1. The summed E-state index contributed by atoms with van der Waals surface area (Å²) in [6.07, 6.45) is 1.85. The fourth-order valence-corrected chi connectivity index (χ4v) is 2.72. The minimum absolute atomic E-state index is 0.0652. The minimum Gasteiger partial charge on any atom is -0.310 e. The Bertz CT molecular complexity index is 592. The van der Waals surface area contributed by atoms with Gasteiger partial charge in [-0.3, -0.25) is 0 Å². The van der Waals surface area contributed by atoms with Crippen molar-refractivity contribution < 1.29 is 4.39 Å². The van der Waals surface area contributed by atoms with E-state index in [0.29, 0.717) is 0 Å². The third kappa shape index (κ3) is 4.40. The third-order valence-corrected chi connectivity index (χ3v) is 3.78. The van der Waals surface area contributed by atoms with Crippen molar-refractivity contribution >= 4 is 0 Å². The Labute approximate surface area is 127 Å². The third-order valence-electron chi connectivity index (χ3n) is 3.78. The van der Waals surface area contributed by atoms with Crippen molar-refractivity contribution in [1.82, 2.24) is 5.32 Å². The molecule has 0 aliphatic carbocycles. The molecule has 2 rings (SSSR count). The van der Waals surface area contributed by atoms with E-state index < -0.39 is 0 Å². The van der Waals surface area contributed by atoms with Crippen molar-refractivity contribution in [3.05, 3.63) is 70.5 Å². The molecule has 0 aliphatic rings. The first-order valence-corrected chi connectivity index (χ1v) is 7.65. The average molecular weight is 285 g/mol. The summed E-state index contributed by atoms with van der Waals surface area (Å²) >= 11 is 0. The molecule has 0 aliphatic heterocycles. The van der Waals surface area contributed by atoms with Crippen LogP contribution in [0.15, 0.2) is 42.5 Å². The van der Waals surface area contributed by atoms with Crippen molar-refractivity contribution in [3.63, 3.8) is 0 Å². The molecule has 0 bridgehead atoms. The van der Waals surface area contributed by atoms with Gasteiger partial charge in [0.15, 0.2) is 0 Å². The normalized spacial score (nSPS) is 12.4. The van der Waals surface area contributed by atoms with Crippen LogP contribution in [0.1, 0.15) is 41.6 Å². The molecule has 1 N–H and O–H groups in total. The van der Waals surface area contributed by atoms with Crippen molar-refractivity contribution in [1.29, 1.82) is 0 Å². The van der Waals surface area contributed by atoms with Crippen molar-refractivity contribution in [3.8, 4) is 0 Å². The van der Waals surface area contributed by atoms with E-state index in [0.717, 1.165) is 30.5 Å². The molecule has 1 atom stereocenters. The van der Waals surface area contributed by atoms with Gasteiger partial charge in [0.1, 0.15) is 5.82 Å². The van der Waals surface area contributed by atoms with E-state index in [4.69, 9.17) is 0 Å². The van der Waals surface area contributed by atoms with Gasteiger partial charge in [0.2, 0.25) is 0 Å². The molecule has 0 heterocycles. The number of benzene rings is 2. The van der Waals surface area contributed by atoms with Gasteiger partial charge >= 0.3 is 0 Å². The first-order valence-electron chi connectivity index (χ1n) is 7.65. The number of halogens is 1. The zero-order valence-corrected chi connectivity index (χ0v) is 13.1. The maximum atomic E-state index is 14.1. The second-order valence-electron chi connectivity index (χ2n) is 5.66. The summed E-state index contributed by atoms with van der Waals surface area (Å²) in [5, 5.41) is 3.41. The Kier molecular flexibility index (Phi) is 5.51. The van der Waals surface area contributed by atoms with Crippen LogP contribution in [-0.2, 0) is 6.42 Å². The summed E-state index contributed by atoms with van der Waals surface area (Å²) in [5.74, 6) is -0.115. The number of hydrogen-bond acceptors (Lipinski definition) is 1. The molecule has 0 amide bonds. The molecular weight excluding hydrogens is 261 g/mol. The Balaban J connectivity index is 2.13. The minimum atomic E-state index is -0.115. The fourth-order valence-electron chi connectivity index (χ4n) is 2.72. The topological polar surface area (TPSA) is 12.0 Å². The van der Waals surface area contributed by atoms with E-state index in [9.17, 15) is 4.39 Å². The Hall–Kier alpha value is -1.67. The molecule has 0 saturated heterocycles. The van der Waals surface area contributed by atoms with E-state index in [1.54, 1.807) is 6.07 Å². The Morgan fingerprint density at radius 3 is 2.52 bits per heavy atom. The maximum Gasteiger partial charge on any atom is 0.127 e. The quantitative estimate of drug-likeness (QED) is 0.809. The predicted molar refractivity (Wildman–Crippen MR) is 87.1 cm³/mol. The average Bonchev–Trinajstić information content (AvgIpc) is 2.46. The van der Waals surface area contributed by atoms with Gasteiger partial charge in [-0.25, -0.2) is 4.39 Å². The molecule has 1 nitrogen and oxygen atoms in total. The summed E-state index contributed by atoms with van der Waals surface area (Å²) in [6.45, 7) is 7.01. The molecule has 112 valence electrons. The zero-order chi connectivity index (χ0) is 15.2. The number of rotatable bonds is 6. The zero-order valence-electron chi connectivity index (χ0n) is 13.1. The van der Waals surface area contributed by atoms with E-state index in [1.165, 1.54) is 11.1 Å². The molecule has 0 aromatic heterocycles. The standard InChI is InChI=1S/C19H24FN/c1-4-21-19(17-13-15(3)8-10-18(17)20)11-9-16-7-5-6-14(2)12-16/h5-8,10,12-13,19,21H,4,9,11H2,1-3H3. The van der Waals surface area contributed by atoms with Crippen molar-refractivity contribution in [2.75, 3.05) is 6.54 Å². The summed E-state index contributed by atoms with van der Waals surface area (Å²) in [6, 6.07) is 13.9. The molecule has 0 saturated carbocycles. The van der Waals surface area contributed by atoms with Gasteiger partial charge in [-0.2, -0.15) is 0 Å². The van der Waals surface area contributed by atoms with Crippen LogP contribution < -0.4 is 5.32 Å². The van der Waals surface area contributed by atoms with Gasteiger partial charge in [0, 0.05) is 11.6 Å². The largest absolute Gasteiger partial charge is 0.310 e. The molecule has 0 fully saturated rings. The van der Waals surface area contributed by atoms with Gasteiger partial charge in [0.25, 0.3) is 0 Å². The molecule has 0 spiro atoms. The molecule has 2 aromatic carbocycles. The molecule has 2 heteroatoms. The second kappa shape index (κ2) is 7.37. The molecule has 21 heavy (non-hydrogen) atoms. The molecule has 1 unspecified atom stereocenters. The van der Waals surface area contributed by atoms with Crippen LogP contribution >= 0.6 is 0 Å².